The molecule has 0 saturated heterocycles. The van der Waals surface area contributed by atoms with Crippen molar-refractivity contribution in [3.63, 3.8) is 0 Å². The topological polar surface area (TPSA) is 51.8 Å². The second-order valence-electron chi connectivity index (χ2n) is 3.16. The van der Waals surface area contributed by atoms with Crippen molar-refractivity contribution < 1.29 is 4.39 Å². The highest BCUT2D eigenvalue weighted by atomic mass is 35.5. The van der Waals surface area contributed by atoms with E-state index >= 15 is 0 Å². The first-order chi connectivity index (χ1) is 6.18. The molecule has 1 aromatic heterocycles. The number of nitrogen functional groups attached to an aromatic ring is 1. The van der Waals surface area contributed by atoms with Crippen LogP contribution in [0.2, 0.25) is 0 Å². The van der Waals surface area contributed by atoms with Gasteiger partial charge >= 0.3 is 0 Å². The molecule has 0 radical (unpaired) electrons. The van der Waals surface area contributed by atoms with Crippen molar-refractivity contribution in [2.24, 2.45) is 0 Å². The van der Waals surface area contributed by atoms with Crippen molar-refractivity contribution >= 4 is 17.4 Å². The highest BCUT2D eigenvalue weighted by Crippen LogP contribution is 2.39. The van der Waals surface area contributed by atoms with E-state index in [1.54, 1.807) is 0 Å². The molecule has 3 nitrogen and oxygen atoms in total. The maximum Gasteiger partial charge on any atom is 0.183 e. The second-order valence-corrected chi connectivity index (χ2v) is 3.72. The molecule has 0 spiro atoms. The number of rotatable bonds is 1. The Morgan fingerprint density at radius 2 is 2.31 bits per heavy atom. The summed E-state index contributed by atoms with van der Waals surface area (Å²) in [4.78, 5) is 7.71. The molecule has 13 heavy (non-hydrogen) atoms. The molecule has 1 aliphatic carbocycles. The van der Waals surface area contributed by atoms with Crippen LogP contribution >= 0.6 is 11.6 Å². The van der Waals surface area contributed by atoms with Gasteiger partial charge in [-0.3, -0.25) is 0 Å². The summed E-state index contributed by atoms with van der Waals surface area (Å²) in [6.07, 6.45) is 3.02. The molecule has 2 N–H and O–H groups in total. The molecular weight excluding hydrogens is 193 g/mol. The number of anilines is 1. The van der Waals surface area contributed by atoms with Gasteiger partial charge in [0, 0.05) is 11.3 Å². The number of halogens is 2. The highest BCUT2D eigenvalue weighted by Gasteiger charge is 2.32. The number of hydrogen-bond donors (Lipinski definition) is 1. The van der Waals surface area contributed by atoms with Crippen LogP contribution in [0.3, 0.4) is 0 Å². The number of aromatic nitrogens is 2. The molecule has 1 heterocycles. The van der Waals surface area contributed by atoms with Crippen LogP contribution in [0.25, 0.3) is 0 Å². The third-order valence-corrected chi connectivity index (χ3v) is 2.83. The maximum absolute atomic E-state index is 12.7. The minimum absolute atomic E-state index is 0.0739. The number of nitrogens with zero attached hydrogens (tertiary/aromatic N) is 2. The van der Waals surface area contributed by atoms with Gasteiger partial charge in [-0.1, -0.05) is 0 Å². The van der Waals surface area contributed by atoms with Crippen LogP contribution in [0, 0.1) is 5.82 Å². The van der Waals surface area contributed by atoms with Gasteiger partial charge in [-0.05, 0) is 12.8 Å². The summed E-state index contributed by atoms with van der Waals surface area (Å²) in [6.45, 7) is 0. The molecular formula is C8H9ClFN3. The summed E-state index contributed by atoms with van der Waals surface area (Å²) in [5.74, 6) is 0.0321. The summed E-state index contributed by atoms with van der Waals surface area (Å²) >= 11 is 5.93. The van der Waals surface area contributed by atoms with E-state index < -0.39 is 5.82 Å². The molecule has 2 atom stereocenters. The van der Waals surface area contributed by atoms with Crippen LogP contribution in [-0.4, -0.2) is 15.3 Å². The Balaban J connectivity index is 2.26. The Bertz CT molecular complexity index is 331. The van der Waals surface area contributed by atoms with E-state index in [9.17, 15) is 4.39 Å². The normalized spacial score (nSPS) is 26.9. The quantitative estimate of drug-likeness (QED) is 0.704. The van der Waals surface area contributed by atoms with E-state index in [-0.39, 0.29) is 17.1 Å². The van der Waals surface area contributed by atoms with Crippen molar-refractivity contribution in [2.75, 3.05) is 5.73 Å². The fourth-order valence-electron chi connectivity index (χ4n) is 1.32. The van der Waals surface area contributed by atoms with Crippen LogP contribution in [0.15, 0.2) is 6.20 Å². The van der Waals surface area contributed by atoms with Gasteiger partial charge in [-0.2, -0.15) is 0 Å². The largest absolute Gasteiger partial charge is 0.381 e. The van der Waals surface area contributed by atoms with Gasteiger partial charge in [0.25, 0.3) is 0 Å². The fourth-order valence-corrected chi connectivity index (χ4v) is 1.69. The molecule has 5 heteroatoms. The predicted molar refractivity (Wildman–Crippen MR) is 48.0 cm³/mol. The summed E-state index contributed by atoms with van der Waals surface area (Å²) < 4.78 is 12.7. The average molecular weight is 202 g/mol. The van der Waals surface area contributed by atoms with Crippen LogP contribution in [0.4, 0.5) is 10.2 Å². The summed E-state index contributed by atoms with van der Waals surface area (Å²) in [6, 6.07) is 0. The summed E-state index contributed by atoms with van der Waals surface area (Å²) in [5.41, 5.74) is 5.31. The molecule has 1 aliphatic rings. The van der Waals surface area contributed by atoms with Crippen molar-refractivity contribution in [1.82, 2.24) is 9.97 Å². The molecule has 1 fully saturated rings. The van der Waals surface area contributed by atoms with Crippen LogP contribution in [0.1, 0.15) is 24.6 Å². The molecule has 1 aromatic rings. The molecule has 70 valence electrons. The monoisotopic (exact) mass is 201 g/mol. The van der Waals surface area contributed by atoms with Crippen molar-refractivity contribution in [1.29, 1.82) is 0 Å². The van der Waals surface area contributed by atoms with E-state index in [4.69, 9.17) is 17.3 Å². The zero-order valence-corrected chi connectivity index (χ0v) is 7.63. The van der Waals surface area contributed by atoms with E-state index in [2.05, 4.69) is 9.97 Å². The Morgan fingerprint density at radius 3 is 2.77 bits per heavy atom. The first kappa shape index (κ1) is 8.69. The SMILES string of the molecule is Nc1nc(C2CCC2Cl)ncc1F. The first-order valence-electron chi connectivity index (χ1n) is 4.10. The minimum Gasteiger partial charge on any atom is -0.381 e. The lowest BCUT2D eigenvalue weighted by Crippen LogP contribution is -2.26. The fraction of sp³-hybridized carbons (Fsp3) is 0.500. The molecule has 1 saturated carbocycles. The molecule has 0 bridgehead atoms. The molecule has 0 aromatic carbocycles. The molecule has 2 rings (SSSR count). The van der Waals surface area contributed by atoms with Gasteiger partial charge in [0.2, 0.25) is 0 Å². The lowest BCUT2D eigenvalue weighted by Gasteiger charge is -2.30. The molecule has 0 aliphatic heterocycles. The zero-order valence-electron chi connectivity index (χ0n) is 6.87. The number of hydrogen-bond acceptors (Lipinski definition) is 3. The van der Waals surface area contributed by atoms with E-state index in [1.165, 1.54) is 0 Å². The Morgan fingerprint density at radius 1 is 1.54 bits per heavy atom. The average Bonchev–Trinajstić information content (AvgIpc) is 2.09. The summed E-state index contributed by atoms with van der Waals surface area (Å²) in [5, 5.41) is 0.0739. The van der Waals surface area contributed by atoms with E-state index in [0.29, 0.717) is 5.82 Å². The standard InChI is InChI=1S/C8H9ClFN3/c9-5-2-1-4(5)8-12-3-6(10)7(11)13-8/h3-5H,1-2H2,(H2,11,12,13). The summed E-state index contributed by atoms with van der Waals surface area (Å²) in [7, 11) is 0. The minimum atomic E-state index is -0.575. The first-order valence-corrected chi connectivity index (χ1v) is 4.54. The lowest BCUT2D eigenvalue weighted by atomic mass is 9.84. The van der Waals surface area contributed by atoms with Gasteiger partial charge < -0.3 is 5.73 Å². The van der Waals surface area contributed by atoms with Crippen molar-refractivity contribution in [3.8, 4) is 0 Å². The van der Waals surface area contributed by atoms with Crippen molar-refractivity contribution in [2.45, 2.75) is 24.1 Å². The number of alkyl halides is 1. The van der Waals surface area contributed by atoms with Crippen LogP contribution in [0.5, 0.6) is 0 Å². The van der Waals surface area contributed by atoms with Gasteiger partial charge in [-0.25, -0.2) is 14.4 Å². The van der Waals surface area contributed by atoms with Crippen LogP contribution in [-0.2, 0) is 0 Å². The van der Waals surface area contributed by atoms with E-state index in [0.717, 1.165) is 19.0 Å². The van der Waals surface area contributed by atoms with Gasteiger partial charge in [0.15, 0.2) is 11.6 Å². The Labute approximate surface area is 80.1 Å². The zero-order chi connectivity index (χ0) is 9.42. The second kappa shape index (κ2) is 3.10. The highest BCUT2D eigenvalue weighted by molar-refractivity contribution is 6.21. The lowest BCUT2D eigenvalue weighted by molar-refractivity contribution is 0.409. The Kier molecular flexibility index (Phi) is 2.07. The smallest absolute Gasteiger partial charge is 0.183 e. The maximum atomic E-state index is 12.7. The van der Waals surface area contributed by atoms with Gasteiger partial charge in [0.1, 0.15) is 5.82 Å². The molecule has 2 unspecified atom stereocenters. The van der Waals surface area contributed by atoms with Crippen LogP contribution < -0.4 is 5.73 Å². The third-order valence-electron chi connectivity index (χ3n) is 2.31. The number of nitrogens with two attached hydrogens (primary N) is 1. The van der Waals surface area contributed by atoms with Gasteiger partial charge in [0.05, 0.1) is 6.20 Å². The van der Waals surface area contributed by atoms with Gasteiger partial charge in [-0.15, -0.1) is 11.6 Å². The van der Waals surface area contributed by atoms with E-state index in [1.807, 2.05) is 0 Å². The predicted octanol–water partition coefficient (Wildman–Crippen LogP) is 1.68. The third kappa shape index (κ3) is 1.46. The Hall–Kier alpha value is -0.900. The molecule has 0 amide bonds. The van der Waals surface area contributed by atoms with Crippen molar-refractivity contribution in [3.05, 3.63) is 17.8 Å².